The van der Waals surface area contributed by atoms with Gasteiger partial charge in [-0.25, -0.2) is 4.99 Å². The minimum Gasteiger partial charge on any atom is -0.372 e. The Morgan fingerprint density at radius 3 is 2.85 bits per heavy atom. The lowest BCUT2D eigenvalue weighted by molar-refractivity contribution is 0.134. The van der Waals surface area contributed by atoms with Gasteiger partial charge in [0.25, 0.3) is 0 Å². The molecule has 1 aromatic rings. The summed E-state index contributed by atoms with van der Waals surface area (Å²) >= 11 is 0. The van der Waals surface area contributed by atoms with Crippen LogP contribution in [0.3, 0.4) is 0 Å². The number of benzene rings is 1. The van der Waals surface area contributed by atoms with Crippen LogP contribution < -0.4 is 11.1 Å². The third-order valence-electron chi connectivity index (χ3n) is 4.01. The maximum absolute atomic E-state index is 5.88. The third-order valence-corrected chi connectivity index (χ3v) is 4.01. The van der Waals surface area contributed by atoms with Crippen molar-refractivity contribution in [2.24, 2.45) is 16.6 Å². The van der Waals surface area contributed by atoms with Crippen molar-refractivity contribution in [3.63, 3.8) is 0 Å². The molecule has 0 radical (unpaired) electrons. The molecule has 1 aromatic carbocycles. The predicted octanol–water partition coefficient (Wildman–Crippen LogP) is 2.54. The lowest BCUT2D eigenvalue weighted by Crippen LogP contribution is -2.37. The van der Waals surface area contributed by atoms with Crippen LogP contribution in [0, 0.1) is 5.92 Å². The number of aliphatic imine (C=N–C) groups is 1. The maximum Gasteiger partial charge on any atom is 0.188 e. The smallest absolute Gasteiger partial charge is 0.188 e. The Morgan fingerprint density at radius 1 is 1.30 bits per heavy atom. The zero-order valence-corrected chi connectivity index (χ0v) is 13.9. The summed E-state index contributed by atoms with van der Waals surface area (Å²) < 4.78 is 5.41. The largest absolute Gasteiger partial charge is 0.372 e. The molecular weight excluding hydrogens is 365 g/mol. The van der Waals surface area contributed by atoms with Crippen molar-refractivity contribution in [3.8, 4) is 0 Å². The highest BCUT2D eigenvalue weighted by Gasteiger charge is 2.16. The Balaban J connectivity index is 0.00000147. The highest BCUT2D eigenvalue weighted by Crippen LogP contribution is 2.25. The molecule has 0 saturated heterocycles. The number of rotatable bonds is 4. The van der Waals surface area contributed by atoms with Crippen LogP contribution in [0.15, 0.2) is 23.2 Å². The molecule has 3 N–H and O–H groups in total. The highest BCUT2D eigenvalue weighted by molar-refractivity contribution is 14.0. The van der Waals surface area contributed by atoms with Gasteiger partial charge in [0.1, 0.15) is 0 Å². The predicted molar refractivity (Wildman–Crippen MR) is 91.0 cm³/mol. The summed E-state index contributed by atoms with van der Waals surface area (Å²) in [5.41, 5.74) is 9.65. The first-order valence-electron chi connectivity index (χ1n) is 7.03. The number of fused-ring (bicyclic) bond motifs is 1. The van der Waals surface area contributed by atoms with E-state index in [1.165, 1.54) is 36.0 Å². The summed E-state index contributed by atoms with van der Waals surface area (Å²) in [5, 5.41) is 3.21. The fourth-order valence-corrected chi connectivity index (χ4v) is 2.50. The molecule has 0 bridgehead atoms. The average molecular weight is 387 g/mol. The van der Waals surface area contributed by atoms with E-state index in [2.05, 4.69) is 28.5 Å². The number of hydrogen-bond donors (Lipinski definition) is 2. The number of hydrogen-bond acceptors (Lipinski definition) is 2. The monoisotopic (exact) mass is 387 g/mol. The second kappa shape index (κ2) is 7.26. The third kappa shape index (κ3) is 3.85. The Kier molecular flexibility index (Phi) is 5.65. The molecule has 4 nitrogen and oxygen atoms in total. The molecule has 0 atom stereocenters. The van der Waals surface area contributed by atoms with E-state index < -0.39 is 0 Å². The number of nitrogens with one attached hydrogen (secondary N) is 1. The van der Waals surface area contributed by atoms with E-state index in [0.29, 0.717) is 12.5 Å². The minimum absolute atomic E-state index is 0. The van der Waals surface area contributed by atoms with Gasteiger partial charge in [-0.05, 0) is 35.4 Å². The lowest BCUT2D eigenvalue weighted by atomic mass is 9.85. The van der Waals surface area contributed by atoms with E-state index in [1.807, 2.05) is 0 Å². The van der Waals surface area contributed by atoms with Gasteiger partial charge in [0, 0.05) is 6.54 Å². The van der Waals surface area contributed by atoms with Gasteiger partial charge >= 0.3 is 0 Å². The molecule has 110 valence electrons. The molecule has 2 aliphatic rings. The SMILES string of the molecule is I.NC(=NCc1ccc2c(c1)COC2)NCC1CCC1. The summed E-state index contributed by atoms with van der Waals surface area (Å²) in [6.07, 6.45) is 4.01. The molecule has 5 heteroatoms. The fraction of sp³-hybridized carbons (Fsp3) is 0.533. The molecular formula is C15H22IN3O. The Morgan fingerprint density at radius 2 is 2.10 bits per heavy atom. The molecule has 0 spiro atoms. The summed E-state index contributed by atoms with van der Waals surface area (Å²) in [6.45, 7) is 3.07. The number of guanidine groups is 1. The van der Waals surface area contributed by atoms with Crippen LogP contribution >= 0.6 is 24.0 Å². The Labute approximate surface area is 137 Å². The fourth-order valence-electron chi connectivity index (χ4n) is 2.50. The molecule has 0 amide bonds. The molecule has 0 unspecified atom stereocenters. The first kappa shape index (κ1) is 15.6. The summed E-state index contributed by atoms with van der Waals surface area (Å²) in [7, 11) is 0. The van der Waals surface area contributed by atoms with Gasteiger partial charge in [-0.2, -0.15) is 0 Å². The summed E-state index contributed by atoms with van der Waals surface area (Å²) in [6, 6.07) is 6.41. The quantitative estimate of drug-likeness (QED) is 0.474. The second-order valence-electron chi connectivity index (χ2n) is 5.48. The van der Waals surface area contributed by atoms with E-state index in [1.54, 1.807) is 0 Å². The minimum atomic E-state index is 0. The number of nitrogens with zero attached hydrogens (tertiary/aromatic N) is 1. The molecule has 1 fully saturated rings. The van der Waals surface area contributed by atoms with Crippen molar-refractivity contribution in [1.29, 1.82) is 0 Å². The van der Waals surface area contributed by atoms with Gasteiger partial charge in [0.05, 0.1) is 19.8 Å². The number of nitrogens with two attached hydrogens (primary N) is 1. The van der Waals surface area contributed by atoms with Crippen molar-refractivity contribution in [2.75, 3.05) is 6.54 Å². The Hall–Kier alpha value is -0.820. The van der Waals surface area contributed by atoms with Crippen LogP contribution in [0.2, 0.25) is 0 Å². The van der Waals surface area contributed by atoms with Crippen LogP contribution in [-0.2, 0) is 24.5 Å². The van der Waals surface area contributed by atoms with Crippen LogP contribution in [0.5, 0.6) is 0 Å². The standard InChI is InChI=1S/C15H21N3O.HI/c16-15(17-7-11-2-1-3-11)18-8-12-4-5-13-9-19-10-14(13)6-12;/h4-6,11H,1-3,7-10H2,(H3,16,17,18);1H. The van der Waals surface area contributed by atoms with Crippen molar-refractivity contribution in [1.82, 2.24) is 5.32 Å². The van der Waals surface area contributed by atoms with Gasteiger partial charge in [-0.15, -0.1) is 24.0 Å². The summed E-state index contributed by atoms with van der Waals surface area (Å²) in [4.78, 5) is 4.39. The van der Waals surface area contributed by atoms with Crippen LogP contribution in [0.4, 0.5) is 0 Å². The van der Waals surface area contributed by atoms with E-state index >= 15 is 0 Å². The second-order valence-corrected chi connectivity index (χ2v) is 5.48. The topological polar surface area (TPSA) is 59.6 Å². The molecule has 0 aromatic heterocycles. The van der Waals surface area contributed by atoms with Crippen LogP contribution in [-0.4, -0.2) is 12.5 Å². The average Bonchev–Trinajstić information content (AvgIpc) is 2.81. The van der Waals surface area contributed by atoms with Gasteiger partial charge in [-0.1, -0.05) is 24.6 Å². The Bertz CT molecular complexity index is 486. The molecule has 1 aliphatic heterocycles. The number of halogens is 1. The van der Waals surface area contributed by atoms with Crippen LogP contribution in [0.25, 0.3) is 0 Å². The first-order valence-corrected chi connectivity index (χ1v) is 7.03. The molecule has 20 heavy (non-hydrogen) atoms. The zero-order valence-electron chi connectivity index (χ0n) is 11.6. The normalized spacial score (nSPS) is 18.1. The van der Waals surface area contributed by atoms with Crippen molar-refractivity contribution in [3.05, 3.63) is 34.9 Å². The molecule has 1 saturated carbocycles. The van der Waals surface area contributed by atoms with E-state index in [4.69, 9.17) is 10.5 Å². The van der Waals surface area contributed by atoms with Gasteiger partial charge in [-0.3, -0.25) is 0 Å². The van der Waals surface area contributed by atoms with Crippen molar-refractivity contribution in [2.45, 2.75) is 39.0 Å². The van der Waals surface area contributed by atoms with Crippen molar-refractivity contribution < 1.29 is 4.74 Å². The highest BCUT2D eigenvalue weighted by atomic mass is 127. The maximum atomic E-state index is 5.88. The number of ether oxygens (including phenoxy) is 1. The molecule has 3 rings (SSSR count). The van der Waals surface area contributed by atoms with Gasteiger partial charge in [0.15, 0.2) is 5.96 Å². The van der Waals surface area contributed by atoms with Crippen molar-refractivity contribution >= 4 is 29.9 Å². The van der Waals surface area contributed by atoms with Crippen LogP contribution in [0.1, 0.15) is 36.0 Å². The van der Waals surface area contributed by atoms with E-state index in [0.717, 1.165) is 25.7 Å². The first-order chi connectivity index (χ1) is 9.31. The van der Waals surface area contributed by atoms with Gasteiger partial charge < -0.3 is 15.8 Å². The molecule has 1 heterocycles. The van der Waals surface area contributed by atoms with E-state index in [9.17, 15) is 0 Å². The summed E-state index contributed by atoms with van der Waals surface area (Å²) in [5.74, 6) is 1.36. The molecule has 1 aliphatic carbocycles. The van der Waals surface area contributed by atoms with E-state index in [-0.39, 0.29) is 24.0 Å². The lowest BCUT2D eigenvalue weighted by Gasteiger charge is -2.25. The zero-order chi connectivity index (χ0) is 13.1. The van der Waals surface area contributed by atoms with Gasteiger partial charge in [0.2, 0.25) is 0 Å².